The van der Waals surface area contributed by atoms with Gasteiger partial charge in [-0.1, -0.05) is 0 Å². The van der Waals surface area contributed by atoms with Gasteiger partial charge in [0.25, 0.3) is 0 Å². The van der Waals surface area contributed by atoms with E-state index in [1.165, 1.54) is 22.8 Å². The molecule has 16 heavy (non-hydrogen) atoms. The van der Waals surface area contributed by atoms with E-state index < -0.39 is 10.0 Å². The van der Waals surface area contributed by atoms with Gasteiger partial charge in [0.1, 0.15) is 4.90 Å². The van der Waals surface area contributed by atoms with Gasteiger partial charge in [0.2, 0.25) is 10.0 Å². The Hall–Kier alpha value is -0.360. The van der Waals surface area contributed by atoms with Gasteiger partial charge < -0.3 is 0 Å². The summed E-state index contributed by atoms with van der Waals surface area (Å²) in [4.78, 5) is 3.94. The van der Waals surface area contributed by atoms with Crippen molar-refractivity contribution in [3.05, 3.63) is 24.5 Å². The Balaban J connectivity index is 2.98. The van der Waals surface area contributed by atoms with Crippen molar-refractivity contribution >= 4 is 33.2 Å². The van der Waals surface area contributed by atoms with E-state index in [4.69, 9.17) is 23.2 Å². The summed E-state index contributed by atoms with van der Waals surface area (Å²) in [5, 5.41) is 0. The van der Waals surface area contributed by atoms with E-state index in [0.29, 0.717) is 0 Å². The van der Waals surface area contributed by atoms with Crippen LogP contribution in [0.1, 0.15) is 0 Å². The van der Waals surface area contributed by atoms with Crippen LogP contribution in [0.4, 0.5) is 0 Å². The maximum atomic E-state index is 12.1. The lowest BCUT2D eigenvalue weighted by Crippen LogP contribution is -2.34. The number of halogens is 2. The highest BCUT2D eigenvalue weighted by Crippen LogP contribution is 2.14. The summed E-state index contributed by atoms with van der Waals surface area (Å²) in [5.41, 5.74) is 0. The summed E-state index contributed by atoms with van der Waals surface area (Å²) in [6.07, 6.45) is 2.83. The van der Waals surface area contributed by atoms with Crippen molar-refractivity contribution in [2.45, 2.75) is 4.90 Å². The van der Waals surface area contributed by atoms with Crippen molar-refractivity contribution in [2.75, 3.05) is 24.8 Å². The molecule has 0 aliphatic heterocycles. The Morgan fingerprint density at radius 3 is 2.31 bits per heavy atom. The third-order valence-electron chi connectivity index (χ3n) is 1.94. The minimum absolute atomic E-state index is 0.158. The molecular weight excluding hydrogens is 271 g/mol. The van der Waals surface area contributed by atoms with E-state index in [0.717, 1.165) is 0 Å². The predicted octanol–water partition coefficient (Wildman–Crippen LogP) is 1.55. The van der Waals surface area contributed by atoms with Gasteiger partial charge in [-0.2, -0.15) is 4.31 Å². The molecule has 0 radical (unpaired) electrons. The Morgan fingerprint density at radius 2 is 1.88 bits per heavy atom. The number of rotatable bonds is 6. The molecular formula is C9H12Cl2N2O2S. The molecule has 0 fully saturated rings. The molecule has 0 aliphatic rings. The van der Waals surface area contributed by atoms with Gasteiger partial charge in [-0.25, -0.2) is 8.42 Å². The van der Waals surface area contributed by atoms with Crippen molar-refractivity contribution in [1.29, 1.82) is 0 Å². The van der Waals surface area contributed by atoms with Gasteiger partial charge in [-0.15, -0.1) is 23.2 Å². The van der Waals surface area contributed by atoms with E-state index >= 15 is 0 Å². The Morgan fingerprint density at radius 1 is 1.25 bits per heavy atom. The van der Waals surface area contributed by atoms with E-state index in [1.807, 2.05) is 0 Å². The Labute approximate surface area is 105 Å². The van der Waals surface area contributed by atoms with Crippen LogP contribution in [0.15, 0.2) is 29.4 Å². The van der Waals surface area contributed by atoms with Crippen molar-refractivity contribution in [2.24, 2.45) is 0 Å². The third-order valence-corrected chi connectivity index (χ3v) is 4.16. The summed E-state index contributed by atoms with van der Waals surface area (Å²) in [7, 11) is -3.52. The van der Waals surface area contributed by atoms with Crippen LogP contribution in [0.5, 0.6) is 0 Å². The predicted molar refractivity (Wildman–Crippen MR) is 64.4 cm³/mol. The summed E-state index contributed by atoms with van der Waals surface area (Å²) in [6.45, 7) is 0.483. The molecule has 1 aromatic heterocycles. The fourth-order valence-corrected chi connectivity index (χ4v) is 3.20. The standard InChI is InChI=1S/C9H12Cl2N2O2S/c10-3-6-13(7-4-11)16(14,15)9-2-1-5-12-8-9/h1-2,5,8H,3-4,6-7H2. The second-order valence-corrected chi connectivity index (χ2v) is 5.66. The molecule has 0 spiro atoms. The maximum Gasteiger partial charge on any atom is 0.244 e. The molecule has 1 heterocycles. The average molecular weight is 283 g/mol. The van der Waals surface area contributed by atoms with E-state index in [2.05, 4.69) is 4.98 Å². The van der Waals surface area contributed by atoms with Crippen molar-refractivity contribution in [3.8, 4) is 0 Å². The summed E-state index contributed by atoms with van der Waals surface area (Å²) >= 11 is 11.1. The molecule has 1 rings (SSSR count). The van der Waals surface area contributed by atoms with Crippen LogP contribution >= 0.6 is 23.2 Å². The Bertz CT molecular complexity index is 405. The minimum Gasteiger partial charge on any atom is -0.263 e. The first-order valence-electron chi connectivity index (χ1n) is 4.65. The summed E-state index contributed by atoms with van der Waals surface area (Å²) < 4.78 is 25.4. The number of pyridine rings is 1. The fourth-order valence-electron chi connectivity index (χ4n) is 1.19. The highest BCUT2D eigenvalue weighted by Gasteiger charge is 2.23. The molecule has 1 aromatic rings. The van der Waals surface area contributed by atoms with Crippen LogP contribution in [0.25, 0.3) is 0 Å². The van der Waals surface area contributed by atoms with Gasteiger partial charge in [-0.05, 0) is 12.1 Å². The van der Waals surface area contributed by atoms with Crippen molar-refractivity contribution < 1.29 is 8.42 Å². The second-order valence-electron chi connectivity index (χ2n) is 2.97. The molecule has 0 amide bonds. The topological polar surface area (TPSA) is 50.3 Å². The van der Waals surface area contributed by atoms with Crippen LogP contribution < -0.4 is 0 Å². The van der Waals surface area contributed by atoms with E-state index in [-0.39, 0.29) is 29.7 Å². The minimum atomic E-state index is -3.52. The number of aromatic nitrogens is 1. The second kappa shape index (κ2) is 6.39. The largest absolute Gasteiger partial charge is 0.263 e. The zero-order chi connectivity index (χ0) is 12.0. The van der Waals surface area contributed by atoms with Crippen LogP contribution in [0.3, 0.4) is 0 Å². The molecule has 4 nitrogen and oxygen atoms in total. The molecule has 0 aromatic carbocycles. The third kappa shape index (κ3) is 3.31. The molecule has 0 saturated carbocycles. The number of nitrogens with zero attached hydrogens (tertiary/aromatic N) is 2. The van der Waals surface area contributed by atoms with Crippen molar-refractivity contribution in [3.63, 3.8) is 0 Å². The maximum absolute atomic E-state index is 12.1. The first-order chi connectivity index (χ1) is 7.62. The highest BCUT2D eigenvalue weighted by molar-refractivity contribution is 7.89. The van der Waals surface area contributed by atoms with Crippen LogP contribution in [0, 0.1) is 0 Å². The molecule has 0 aliphatic carbocycles. The van der Waals surface area contributed by atoms with Crippen LogP contribution in [0.2, 0.25) is 0 Å². The molecule has 0 unspecified atom stereocenters. The van der Waals surface area contributed by atoms with E-state index in [9.17, 15) is 8.42 Å². The summed E-state index contributed by atoms with van der Waals surface area (Å²) in [5.74, 6) is 0.465. The normalized spacial score (nSPS) is 11.9. The van der Waals surface area contributed by atoms with Crippen molar-refractivity contribution in [1.82, 2.24) is 9.29 Å². The Kier molecular flexibility index (Phi) is 5.48. The number of hydrogen-bond acceptors (Lipinski definition) is 3. The van der Waals surface area contributed by atoms with Gasteiger partial charge in [0, 0.05) is 37.2 Å². The first kappa shape index (κ1) is 13.7. The monoisotopic (exact) mass is 282 g/mol. The van der Waals surface area contributed by atoms with Crippen LogP contribution in [-0.4, -0.2) is 42.6 Å². The van der Waals surface area contributed by atoms with E-state index in [1.54, 1.807) is 6.07 Å². The SMILES string of the molecule is O=S(=O)(c1cccnc1)N(CCCl)CCCl. The number of hydrogen-bond donors (Lipinski definition) is 0. The fraction of sp³-hybridized carbons (Fsp3) is 0.444. The smallest absolute Gasteiger partial charge is 0.244 e. The average Bonchev–Trinajstić information content (AvgIpc) is 2.30. The number of alkyl halides is 2. The molecule has 0 N–H and O–H groups in total. The quantitative estimate of drug-likeness (QED) is 0.744. The molecule has 90 valence electrons. The zero-order valence-corrected chi connectivity index (χ0v) is 10.8. The van der Waals surface area contributed by atoms with Crippen LogP contribution in [-0.2, 0) is 10.0 Å². The highest BCUT2D eigenvalue weighted by atomic mass is 35.5. The first-order valence-corrected chi connectivity index (χ1v) is 7.16. The molecule has 0 atom stereocenters. The van der Waals surface area contributed by atoms with Gasteiger partial charge in [0.15, 0.2) is 0 Å². The lowest BCUT2D eigenvalue weighted by molar-refractivity contribution is 0.448. The van der Waals surface area contributed by atoms with Gasteiger partial charge in [-0.3, -0.25) is 4.98 Å². The molecule has 7 heteroatoms. The lowest BCUT2D eigenvalue weighted by Gasteiger charge is -2.19. The summed E-state index contributed by atoms with van der Waals surface area (Å²) in [6, 6.07) is 3.07. The number of sulfonamides is 1. The van der Waals surface area contributed by atoms with Gasteiger partial charge >= 0.3 is 0 Å². The van der Waals surface area contributed by atoms with Gasteiger partial charge in [0.05, 0.1) is 0 Å². The molecule has 0 bridgehead atoms. The zero-order valence-electron chi connectivity index (χ0n) is 8.51. The molecule has 0 saturated heterocycles. The lowest BCUT2D eigenvalue weighted by atomic mass is 10.5.